The van der Waals surface area contributed by atoms with E-state index < -0.39 is 0 Å². The van der Waals surface area contributed by atoms with E-state index in [9.17, 15) is 0 Å². The van der Waals surface area contributed by atoms with E-state index in [1.54, 1.807) is 0 Å². The summed E-state index contributed by atoms with van der Waals surface area (Å²) in [5, 5.41) is 3.38. The minimum absolute atomic E-state index is 0.0142. The van der Waals surface area contributed by atoms with E-state index in [0.29, 0.717) is 0 Å². The summed E-state index contributed by atoms with van der Waals surface area (Å²) >= 11 is 0. The molecule has 4 heteroatoms. The van der Waals surface area contributed by atoms with Crippen molar-refractivity contribution in [1.82, 2.24) is 15.0 Å². The van der Waals surface area contributed by atoms with Crippen molar-refractivity contribution in [3.8, 4) is 11.4 Å². The fourth-order valence-corrected chi connectivity index (χ4v) is 2.33. The van der Waals surface area contributed by atoms with E-state index in [4.69, 9.17) is 9.97 Å². The van der Waals surface area contributed by atoms with Gasteiger partial charge in [-0.15, -0.1) is 0 Å². The quantitative estimate of drug-likeness (QED) is 0.846. The van der Waals surface area contributed by atoms with E-state index in [2.05, 4.69) is 57.1 Å². The Balaban J connectivity index is 2.42. The monoisotopic (exact) mass is 312 g/mol. The van der Waals surface area contributed by atoms with Crippen LogP contribution in [0.3, 0.4) is 0 Å². The molecular weight excluding hydrogens is 284 g/mol. The third-order valence-electron chi connectivity index (χ3n) is 3.63. The third-order valence-corrected chi connectivity index (χ3v) is 3.63. The SMILES string of the molecule is CCCNc1cc(CCC)nc(-c2ccnc(C(C)(C)C)c2)n1. The Hall–Kier alpha value is -1.97. The highest BCUT2D eigenvalue weighted by atomic mass is 15.0. The third kappa shape index (κ3) is 4.75. The molecule has 0 unspecified atom stereocenters. The molecule has 1 N–H and O–H groups in total. The number of hydrogen-bond donors (Lipinski definition) is 1. The summed E-state index contributed by atoms with van der Waals surface area (Å²) in [6.45, 7) is 11.8. The number of aryl methyl sites for hydroxylation is 1. The van der Waals surface area contributed by atoms with Gasteiger partial charge >= 0.3 is 0 Å². The fourth-order valence-electron chi connectivity index (χ4n) is 2.33. The minimum Gasteiger partial charge on any atom is -0.370 e. The topological polar surface area (TPSA) is 50.7 Å². The highest BCUT2D eigenvalue weighted by Crippen LogP contribution is 2.25. The zero-order valence-corrected chi connectivity index (χ0v) is 15.0. The molecule has 4 nitrogen and oxygen atoms in total. The van der Waals surface area contributed by atoms with Gasteiger partial charge in [0.25, 0.3) is 0 Å². The summed E-state index contributed by atoms with van der Waals surface area (Å²) < 4.78 is 0. The number of aromatic nitrogens is 3. The van der Waals surface area contributed by atoms with E-state index in [-0.39, 0.29) is 5.41 Å². The van der Waals surface area contributed by atoms with Crippen molar-refractivity contribution in [2.24, 2.45) is 0 Å². The van der Waals surface area contributed by atoms with Crippen molar-refractivity contribution in [2.45, 2.75) is 59.3 Å². The average Bonchev–Trinajstić information content (AvgIpc) is 2.52. The largest absolute Gasteiger partial charge is 0.370 e. The van der Waals surface area contributed by atoms with Gasteiger partial charge in [-0.3, -0.25) is 4.98 Å². The van der Waals surface area contributed by atoms with Gasteiger partial charge in [0.05, 0.1) is 0 Å². The Bertz CT molecular complexity index is 644. The van der Waals surface area contributed by atoms with Crippen LogP contribution in [0.4, 0.5) is 5.82 Å². The van der Waals surface area contributed by atoms with Crippen LogP contribution in [0.5, 0.6) is 0 Å². The summed E-state index contributed by atoms with van der Waals surface area (Å²) in [7, 11) is 0. The molecule has 0 aliphatic carbocycles. The van der Waals surface area contributed by atoms with Crippen LogP contribution in [0.2, 0.25) is 0 Å². The lowest BCUT2D eigenvalue weighted by Crippen LogP contribution is -2.13. The molecule has 2 aromatic heterocycles. The Morgan fingerprint density at radius 3 is 2.48 bits per heavy atom. The Morgan fingerprint density at radius 1 is 1.04 bits per heavy atom. The molecule has 0 radical (unpaired) electrons. The van der Waals surface area contributed by atoms with Gasteiger partial charge in [0, 0.05) is 41.2 Å². The van der Waals surface area contributed by atoms with Crippen molar-refractivity contribution in [2.75, 3.05) is 11.9 Å². The number of nitrogens with one attached hydrogen (secondary N) is 1. The van der Waals surface area contributed by atoms with E-state index >= 15 is 0 Å². The lowest BCUT2D eigenvalue weighted by molar-refractivity contribution is 0.569. The number of hydrogen-bond acceptors (Lipinski definition) is 4. The molecule has 0 aliphatic rings. The standard InChI is InChI=1S/C19H28N4/c1-6-8-15-13-17(21-10-7-2)23-18(22-15)14-9-11-20-16(12-14)19(3,4)5/h9,11-13H,6-8,10H2,1-5H3,(H,21,22,23). The molecule has 0 atom stereocenters. The molecule has 23 heavy (non-hydrogen) atoms. The Morgan fingerprint density at radius 2 is 1.83 bits per heavy atom. The maximum atomic E-state index is 4.75. The van der Waals surface area contributed by atoms with Gasteiger partial charge < -0.3 is 5.32 Å². The summed E-state index contributed by atoms with van der Waals surface area (Å²) in [6, 6.07) is 6.16. The smallest absolute Gasteiger partial charge is 0.161 e. The first-order chi connectivity index (χ1) is 10.9. The van der Waals surface area contributed by atoms with E-state index in [1.807, 2.05) is 12.3 Å². The fraction of sp³-hybridized carbons (Fsp3) is 0.526. The molecule has 0 spiro atoms. The van der Waals surface area contributed by atoms with Crippen molar-refractivity contribution in [1.29, 1.82) is 0 Å². The van der Waals surface area contributed by atoms with Gasteiger partial charge in [-0.05, 0) is 25.0 Å². The predicted molar refractivity (Wildman–Crippen MR) is 96.7 cm³/mol. The van der Waals surface area contributed by atoms with Crippen molar-refractivity contribution >= 4 is 5.82 Å². The molecule has 0 aromatic carbocycles. The zero-order chi connectivity index (χ0) is 16.9. The van der Waals surface area contributed by atoms with Gasteiger partial charge in [0.15, 0.2) is 5.82 Å². The average molecular weight is 312 g/mol. The van der Waals surface area contributed by atoms with Gasteiger partial charge in [-0.1, -0.05) is 41.0 Å². The normalized spacial score (nSPS) is 11.5. The van der Waals surface area contributed by atoms with Crippen LogP contribution in [0.15, 0.2) is 24.4 Å². The molecule has 0 saturated carbocycles. The first-order valence-electron chi connectivity index (χ1n) is 8.52. The lowest BCUT2D eigenvalue weighted by atomic mass is 9.91. The summed E-state index contributed by atoms with van der Waals surface area (Å²) in [5.74, 6) is 1.69. The van der Waals surface area contributed by atoms with E-state index in [1.165, 1.54) is 0 Å². The van der Waals surface area contributed by atoms with Crippen LogP contribution in [0.25, 0.3) is 11.4 Å². The van der Waals surface area contributed by atoms with Crippen molar-refractivity contribution in [3.63, 3.8) is 0 Å². The van der Waals surface area contributed by atoms with Crippen LogP contribution in [0.1, 0.15) is 58.8 Å². The van der Waals surface area contributed by atoms with Crippen LogP contribution < -0.4 is 5.32 Å². The molecule has 124 valence electrons. The molecular formula is C19H28N4. The second-order valence-corrected chi connectivity index (χ2v) is 6.92. The van der Waals surface area contributed by atoms with Gasteiger partial charge in [0.1, 0.15) is 5.82 Å². The first kappa shape index (κ1) is 17.4. The Kier molecular flexibility index (Phi) is 5.69. The molecule has 0 bridgehead atoms. The number of nitrogens with zero attached hydrogens (tertiary/aromatic N) is 3. The summed E-state index contributed by atoms with van der Waals surface area (Å²) in [6.07, 6.45) is 4.97. The molecule has 0 saturated heterocycles. The first-order valence-corrected chi connectivity index (χ1v) is 8.52. The number of anilines is 1. The maximum Gasteiger partial charge on any atom is 0.161 e. The second-order valence-electron chi connectivity index (χ2n) is 6.92. The predicted octanol–water partition coefficient (Wildman–Crippen LogP) is 4.61. The van der Waals surface area contributed by atoms with Gasteiger partial charge in [0.2, 0.25) is 0 Å². The van der Waals surface area contributed by atoms with Gasteiger partial charge in [-0.2, -0.15) is 0 Å². The van der Waals surface area contributed by atoms with Crippen molar-refractivity contribution in [3.05, 3.63) is 35.8 Å². The summed E-state index contributed by atoms with van der Waals surface area (Å²) in [4.78, 5) is 13.9. The van der Waals surface area contributed by atoms with Crippen LogP contribution in [0, 0.1) is 0 Å². The van der Waals surface area contributed by atoms with Gasteiger partial charge in [-0.25, -0.2) is 9.97 Å². The van der Waals surface area contributed by atoms with Crippen LogP contribution in [-0.2, 0) is 11.8 Å². The lowest BCUT2D eigenvalue weighted by Gasteiger charge is -2.18. The Labute approximate surface area is 139 Å². The molecule has 0 aliphatic heterocycles. The van der Waals surface area contributed by atoms with Crippen LogP contribution >= 0.6 is 0 Å². The molecule has 2 heterocycles. The molecule has 0 fully saturated rings. The maximum absolute atomic E-state index is 4.75. The number of pyridine rings is 1. The second kappa shape index (κ2) is 7.53. The minimum atomic E-state index is 0.0142. The molecule has 2 aromatic rings. The molecule has 0 amide bonds. The summed E-state index contributed by atoms with van der Waals surface area (Å²) in [5.41, 5.74) is 3.19. The highest BCUT2D eigenvalue weighted by molar-refractivity contribution is 5.58. The van der Waals surface area contributed by atoms with E-state index in [0.717, 1.165) is 54.4 Å². The highest BCUT2D eigenvalue weighted by Gasteiger charge is 2.17. The molecule has 2 rings (SSSR count). The van der Waals surface area contributed by atoms with Crippen LogP contribution in [-0.4, -0.2) is 21.5 Å². The number of rotatable bonds is 6. The zero-order valence-electron chi connectivity index (χ0n) is 15.0. The van der Waals surface area contributed by atoms with Crippen molar-refractivity contribution < 1.29 is 0 Å².